The van der Waals surface area contributed by atoms with Gasteiger partial charge in [-0.1, -0.05) is 28.1 Å². The topological polar surface area (TPSA) is 52.0 Å². The molecular weight excluding hydrogens is 320 g/mol. The molecule has 0 radical (unpaired) electrons. The van der Waals surface area contributed by atoms with Crippen LogP contribution in [0, 0.1) is 6.92 Å². The van der Waals surface area contributed by atoms with Crippen LogP contribution in [0.15, 0.2) is 45.9 Å². The average molecular weight is 335 g/mol. The molecule has 0 unspecified atom stereocenters. The molecule has 5 heteroatoms. The first kappa shape index (κ1) is 14.7. The maximum atomic E-state index is 12.0. The lowest BCUT2D eigenvalue weighted by atomic mass is 10.1. The Kier molecular flexibility index (Phi) is 4.84. The lowest BCUT2D eigenvalue weighted by Gasteiger charge is -2.05. The van der Waals surface area contributed by atoms with E-state index in [-0.39, 0.29) is 11.3 Å². The molecule has 0 aliphatic rings. The van der Waals surface area contributed by atoms with Crippen LogP contribution in [0.5, 0.6) is 0 Å². The van der Waals surface area contributed by atoms with Gasteiger partial charge < -0.3 is 0 Å². The van der Waals surface area contributed by atoms with E-state index in [9.17, 15) is 9.59 Å². The predicted molar refractivity (Wildman–Crippen MR) is 80.9 cm³/mol. The number of Topliss-reactive ketones (excluding diaryl/α,β-unsaturated/α-hetero) is 1. The van der Waals surface area contributed by atoms with E-state index in [1.807, 2.05) is 12.1 Å². The number of hydrogen-bond donors (Lipinski definition) is 0. The van der Waals surface area contributed by atoms with Crippen molar-refractivity contribution in [1.82, 2.24) is 9.55 Å². The summed E-state index contributed by atoms with van der Waals surface area (Å²) in [6, 6.07) is 8.79. The first-order valence-corrected chi connectivity index (χ1v) is 7.17. The Morgan fingerprint density at radius 3 is 2.65 bits per heavy atom. The number of aryl methyl sites for hydroxylation is 2. The molecule has 2 aromatic rings. The summed E-state index contributed by atoms with van der Waals surface area (Å²) in [4.78, 5) is 27.7. The van der Waals surface area contributed by atoms with Gasteiger partial charge in [-0.25, -0.2) is 4.98 Å². The van der Waals surface area contributed by atoms with Crippen LogP contribution in [0.25, 0.3) is 0 Å². The van der Waals surface area contributed by atoms with Gasteiger partial charge in [0.25, 0.3) is 5.56 Å². The molecule has 0 N–H and O–H groups in total. The van der Waals surface area contributed by atoms with Crippen molar-refractivity contribution < 1.29 is 4.79 Å². The van der Waals surface area contributed by atoms with Crippen LogP contribution in [0.2, 0.25) is 0 Å². The smallest absolute Gasteiger partial charge is 0.253 e. The van der Waals surface area contributed by atoms with E-state index in [0.29, 0.717) is 30.6 Å². The molecule has 104 valence electrons. The third kappa shape index (κ3) is 3.87. The van der Waals surface area contributed by atoms with Gasteiger partial charge in [-0.3, -0.25) is 14.2 Å². The zero-order chi connectivity index (χ0) is 14.5. The second kappa shape index (κ2) is 6.61. The summed E-state index contributed by atoms with van der Waals surface area (Å²) < 4.78 is 2.48. The fourth-order valence-corrected chi connectivity index (χ4v) is 2.14. The Bertz CT molecular complexity index is 662. The van der Waals surface area contributed by atoms with Gasteiger partial charge in [0.15, 0.2) is 5.78 Å². The molecule has 0 bridgehead atoms. The highest BCUT2D eigenvalue weighted by Gasteiger charge is 2.06. The maximum Gasteiger partial charge on any atom is 0.253 e. The molecule has 0 fully saturated rings. The van der Waals surface area contributed by atoms with E-state index in [2.05, 4.69) is 20.9 Å². The molecule has 0 amide bonds. The van der Waals surface area contributed by atoms with Crippen LogP contribution in [0.3, 0.4) is 0 Å². The minimum absolute atomic E-state index is 0.0754. The van der Waals surface area contributed by atoms with Crippen molar-refractivity contribution in [3.63, 3.8) is 0 Å². The van der Waals surface area contributed by atoms with Crippen LogP contribution < -0.4 is 5.56 Å². The number of benzene rings is 1. The van der Waals surface area contributed by atoms with Gasteiger partial charge in [0.05, 0.1) is 6.33 Å². The van der Waals surface area contributed by atoms with Gasteiger partial charge in [0.1, 0.15) is 0 Å². The molecule has 4 nitrogen and oxygen atoms in total. The second-order valence-electron chi connectivity index (χ2n) is 4.60. The maximum absolute atomic E-state index is 12.0. The molecule has 20 heavy (non-hydrogen) atoms. The van der Waals surface area contributed by atoms with Gasteiger partial charge in [-0.05, 0) is 25.5 Å². The molecule has 0 aliphatic carbocycles. The quantitative estimate of drug-likeness (QED) is 0.790. The van der Waals surface area contributed by atoms with Crippen molar-refractivity contribution in [3.8, 4) is 0 Å². The molecule has 0 aliphatic heterocycles. The fourth-order valence-electron chi connectivity index (χ4n) is 1.87. The number of aromatic nitrogens is 2. The molecule has 1 aromatic heterocycles. The van der Waals surface area contributed by atoms with Crippen molar-refractivity contribution in [2.45, 2.75) is 26.3 Å². The zero-order valence-electron chi connectivity index (χ0n) is 11.2. The highest BCUT2D eigenvalue weighted by atomic mass is 79.9. The van der Waals surface area contributed by atoms with E-state index < -0.39 is 0 Å². The monoisotopic (exact) mass is 334 g/mol. The number of hydrogen-bond acceptors (Lipinski definition) is 3. The van der Waals surface area contributed by atoms with E-state index in [0.717, 1.165) is 4.47 Å². The Morgan fingerprint density at radius 2 is 2.00 bits per heavy atom. The van der Waals surface area contributed by atoms with Crippen LogP contribution in [0.1, 0.15) is 28.9 Å². The molecule has 1 heterocycles. The van der Waals surface area contributed by atoms with Crippen LogP contribution in [0.4, 0.5) is 0 Å². The highest BCUT2D eigenvalue weighted by molar-refractivity contribution is 9.10. The number of halogens is 1. The number of ketones is 1. The SMILES string of the molecule is Cc1cc(=O)n(CCCC(=O)c2ccc(Br)cc2)cn1. The number of carbonyl (C=O) groups excluding carboxylic acids is 1. The standard InChI is InChI=1S/C15H15BrN2O2/c1-11-9-15(20)18(10-17-11)8-2-3-14(19)12-4-6-13(16)7-5-12/h4-7,9-10H,2-3,8H2,1H3. The van der Waals surface area contributed by atoms with E-state index in [1.165, 1.54) is 17.0 Å². The summed E-state index contributed by atoms with van der Waals surface area (Å²) in [5, 5.41) is 0. The van der Waals surface area contributed by atoms with E-state index >= 15 is 0 Å². The van der Waals surface area contributed by atoms with Gasteiger partial charge in [-0.15, -0.1) is 0 Å². The minimum Gasteiger partial charge on any atom is -0.299 e. The minimum atomic E-state index is -0.0754. The Labute approximate surface area is 125 Å². The summed E-state index contributed by atoms with van der Waals surface area (Å²) >= 11 is 3.34. The van der Waals surface area contributed by atoms with Crippen molar-refractivity contribution in [2.75, 3.05) is 0 Å². The van der Waals surface area contributed by atoms with Crippen LogP contribution >= 0.6 is 15.9 Å². The lowest BCUT2D eigenvalue weighted by molar-refractivity contribution is 0.0978. The molecule has 0 spiro atoms. The van der Waals surface area contributed by atoms with Gasteiger partial charge in [0, 0.05) is 34.8 Å². The average Bonchev–Trinajstić information content (AvgIpc) is 2.42. The van der Waals surface area contributed by atoms with Gasteiger partial charge in [0.2, 0.25) is 0 Å². The van der Waals surface area contributed by atoms with E-state index in [4.69, 9.17) is 0 Å². The Hall–Kier alpha value is -1.75. The zero-order valence-corrected chi connectivity index (χ0v) is 12.8. The molecule has 0 saturated heterocycles. The fraction of sp³-hybridized carbons (Fsp3) is 0.267. The number of carbonyl (C=O) groups is 1. The van der Waals surface area contributed by atoms with E-state index in [1.54, 1.807) is 19.1 Å². The van der Waals surface area contributed by atoms with Crippen molar-refractivity contribution >= 4 is 21.7 Å². The Balaban J connectivity index is 1.91. The summed E-state index contributed by atoms with van der Waals surface area (Å²) in [7, 11) is 0. The molecule has 1 aromatic carbocycles. The third-order valence-electron chi connectivity index (χ3n) is 2.99. The summed E-state index contributed by atoms with van der Waals surface area (Å²) in [5.74, 6) is 0.0885. The first-order chi connectivity index (χ1) is 9.56. The molecule has 0 saturated carbocycles. The van der Waals surface area contributed by atoms with Crippen LogP contribution in [-0.4, -0.2) is 15.3 Å². The normalized spacial score (nSPS) is 10.5. The number of rotatable bonds is 5. The summed E-state index contributed by atoms with van der Waals surface area (Å²) in [6.45, 7) is 2.29. The first-order valence-electron chi connectivity index (χ1n) is 6.38. The third-order valence-corrected chi connectivity index (χ3v) is 3.51. The molecular formula is C15H15BrN2O2. The predicted octanol–water partition coefficient (Wildman–Crippen LogP) is 2.98. The lowest BCUT2D eigenvalue weighted by Crippen LogP contribution is -2.20. The van der Waals surface area contributed by atoms with Gasteiger partial charge in [-0.2, -0.15) is 0 Å². The largest absolute Gasteiger partial charge is 0.299 e. The summed E-state index contributed by atoms with van der Waals surface area (Å²) in [5.41, 5.74) is 1.33. The highest BCUT2D eigenvalue weighted by Crippen LogP contribution is 2.12. The number of nitrogens with zero attached hydrogens (tertiary/aromatic N) is 2. The second-order valence-corrected chi connectivity index (χ2v) is 5.51. The summed E-state index contributed by atoms with van der Waals surface area (Å²) in [6.07, 6.45) is 2.57. The Morgan fingerprint density at radius 1 is 1.30 bits per heavy atom. The molecule has 0 atom stereocenters. The van der Waals surface area contributed by atoms with Crippen molar-refractivity contribution in [3.05, 3.63) is 62.7 Å². The van der Waals surface area contributed by atoms with Crippen molar-refractivity contribution in [2.24, 2.45) is 0 Å². The van der Waals surface area contributed by atoms with Gasteiger partial charge >= 0.3 is 0 Å². The van der Waals surface area contributed by atoms with Crippen LogP contribution in [-0.2, 0) is 6.54 Å². The molecule has 2 rings (SSSR count). The van der Waals surface area contributed by atoms with Crippen molar-refractivity contribution in [1.29, 1.82) is 0 Å².